The number of rotatable bonds is 2. The summed E-state index contributed by atoms with van der Waals surface area (Å²) in [5, 5.41) is 10.0. The van der Waals surface area contributed by atoms with Gasteiger partial charge in [0.15, 0.2) is 0 Å². The van der Waals surface area contributed by atoms with Crippen LogP contribution in [0.1, 0.15) is 40.0 Å². The summed E-state index contributed by atoms with van der Waals surface area (Å²) in [7, 11) is 0. The first-order valence-corrected chi connectivity index (χ1v) is 9.36. The van der Waals surface area contributed by atoms with Crippen LogP contribution in [0, 0.1) is 18.7 Å². The lowest BCUT2D eigenvalue weighted by molar-refractivity contribution is 0.0434. The molecule has 2 aliphatic heterocycles. The normalized spacial score (nSPS) is 23.9. The van der Waals surface area contributed by atoms with Gasteiger partial charge in [-0.05, 0) is 31.0 Å². The van der Waals surface area contributed by atoms with Crippen LogP contribution in [0.15, 0.2) is 35.1 Å². The number of fused-ring (bicyclic) bond motifs is 4. The number of aliphatic hydroxyl groups excluding tert-OH is 1. The van der Waals surface area contributed by atoms with Gasteiger partial charge < -0.3 is 14.6 Å². The molecule has 5 nitrogen and oxygen atoms in total. The summed E-state index contributed by atoms with van der Waals surface area (Å²) in [6.07, 6.45) is 0.780. The first-order chi connectivity index (χ1) is 12.9. The molecule has 3 heterocycles. The number of benzene rings is 1. The Morgan fingerprint density at radius 1 is 1.30 bits per heavy atom. The van der Waals surface area contributed by atoms with E-state index < -0.39 is 17.8 Å². The summed E-state index contributed by atoms with van der Waals surface area (Å²) in [6, 6.07) is 7.45. The van der Waals surface area contributed by atoms with Crippen LogP contribution in [0.3, 0.4) is 0 Å². The number of aliphatic hydroxyl groups is 1. The molecular weight excluding hydrogens is 371 g/mol. The van der Waals surface area contributed by atoms with Crippen molar-refractivity contribution >= 4 is 17.5 Å². The topological polar surface area (TPSA) is 62.5 Å². The first kappa shape index (κ1) is 18.2. The monoisotopic (exact) mass is 390 g/mol. The summed E-state index contributed by atoms with van der Waals surface area (Å²) in [5.41, 5.74) is 1.20. The number of hydrogen-bond donors (Lipinski definition) is 1. The molecule has 1 amide bonds. The zero-order valence-electron chi connectivity index (χ0n) is 14.9. The van der Waals surface area contributed by atoms with Crippen LogP contribution in [-0.4, -0.2) is 40.2 Å². The average molecular weight is 391 g/mol. The average Bonchev–Trinajstić information content (AvgIpc) is 2.66. The van der Waals surface area contributed by atoms with E-state index in [0.29, 0.717) is 18.7 Å². The molecule has 2 aliphatic rings. The molecule has 1 saturated heterocycles. The number of carbonyl (C=O) groups is 1. The number of carbonyl (C=O) groups excluding carboxylic acids is 1. The fourth-order valence-electron chi connectivity index (χ4n) is 4.45. The summed E-state index contributed by atoms with van der Waals surface area (Å²) < 4.78 is 16.0. The smallest absolute Gasteiger partial charge is 0.258 e. The summed E-state index contributed by atoms with van der Waals surface area (Å²) in [6.45, 7) is 2.29. The fraction of sp³-hybridized carbons (Fsp3) is 0.400. The molecule has 27 heavy (non-hydrogen) atoms. The standard InChI is InChI=1S/C20H20ClFN2O3/c1-11-5-6-14(22)18(19(11)21)20(27)23-8-12-7-13(9-23)16(10-25)24-15(12)3-2-4-17(24)26/h2-6,12-13,16,25H,7-10H2,1H3/t12-,13+,16+/m1/s1. The number of amides is 1. The van der Waals surface area contributed by atoms with Gasteiger partial charge in [0.05, 0.1) is 23.2 Å². The van der Waals surface area contributed by atoms with Gasteiger partial charge in [-0.3, -0.25) is 9.59 Å². The van der Waals surface area contributed by atoms with Gasteiger partial charge in [0.25, 0.3) is 11.5 Å². The van der Waals surface area contributed by atoms with Crippen LogP contribution >= 0.6 is 11.6 Å². The number of pyridine rings is 1. The quantitative estimate of drug-likeness (QED) is 0.857. The van der Waals surface area contributed by atoms with Crippen LogP contribution in [0.5, 0.6) is 0 Å². The third-order valence-electron chi connectivity index (χ3n) is 5.77. The maximum absolute atomic E-state index is 14.3. The number of hydrogen-bond acceptors (Lipinski definition) is 3. The molecule has 7 heteroatoms. The lowest BCUT2D eigenvalue weighted by Gasteiger charge is -2.46. The van der Waals surface area contributed by atoms with Crippen LogP contribution in [-0.2, 0) is 0 Å². The van der Waals surface area contributed by atoms with Crippen molar-refractivity contribution in [2.45, 2.75) is 25.3 Å². The summed E-state index contributed by atoms with van der Waals surface area (Å²) in [4.78, 5) is 27.0. The highest BCUT2D eigenvalue weighted by Gasteiger charge is 2.42. The number of nitrogens with zero attached hydrogens (tertiary/aromatic N) is 2. The SMILES string of the molecule is Cc1ccc(F)c(C(=O)N2C[C@H]3C[C@@H](C2)[C@H](CO)n2c3cccc2=O)c1Cl. The largest absolute Gasteiger partial charge is 0.394 e. The predicted octanol–water partition coefficient (Wildman–Crippen LogP) is 2.74. The van der Waals surface area contributed by atoms with Crippen LogP contribution in [0.2, 0.25) is 5.02 Å². The van der Waals surface area contributed by atoms with Crippen molar-refractivity contribution in [3.05, 3.63) is 68.3 Å². The highest BCUT2D eigenvalue weighted by molar-refractivity contribution is 6.34. The van der Waals surface area contributed by atoms with E-state index in [2.05, 4.69) is 0 Å². The highest BCUT2D eigenvalue weighted by Crippen LogP contribution is 2.41. The lowest BCUT2D eigenvalue weighted by atomic mass is 9.78. The molecule has 0 aliphatic carbocycles. The van der Waals surface area contributed by atoms with E-state index in [0.717, 1.165) is 12.1 Å². The molecule has 0 unspecified atom stereocenters. The fourth-order valence-corrected chi connectivity index (χ4v) is 4.69. The lowest BCUT2D eigenvalue weighted by Crippen LogP contribution is -2.52. The number of likely N-dealkylation sites (tertiary alicyclic amines) is 1. The maximum Gasteiger partial charge on any atom is 0.258 e. The van der Waals surface area contributed by atoms with Crippen molar-refractivity contribution in [2.75, 3.05) is 19.7 Å². The molecule has 4 rings (SSSR count). The second-order valence-corrected chi connectivity index (χ2v) is 7.74. The predicted molar refractivity (Wildman–Crippen MR) is 99.7 cm³/mol. The molecule has 1 aromatic heterocycles. The second-order valence-electron chi connectivity index (χ2n) is 7.36. The Labute approximate surface area is 161 Å². The van der Waals surface area contributed by atoms with E-state index in [1.165, 1.54) is 12.1 Å². The minimum atomic E-state index is -0.637. The molecule has 0 saturated carbocycles. The van der Waals surface area contributed by atoms with Gasteiger partial charge in [-0.1, -0.05) is 23.7 Å². The third kappa shape index (κ3) is 2.87. The van der Waals surface area contributed by atoms with E-state index in [-0.39, 0.29) is 34.6 Å². The first-order valence-electron chi connectivity index (χ1n) is 8.98. The van der Waals surface area contributed by atoms with E-state index >= 15 is 0 Å². The molecular formula is C20H20ClFN2O3. The highest BCUT2D eigenvalue weighted by atomic mass is 35.5. The van der Waals surface area contributed by atoms with Gasteiger partial charge in [-0.2, -0.15) is 0 Å². The zero-order valence-corrected chi connectivity index (χ0v) is 15.6. The molecule has 0 radical (unpaired) electrons. The molecule has 1 N–H and O–H groups in total. The van der Waals surface area contributed by atoms with Crippen LogP contribution in [0.4, 0.5) is 4.39 Å². The Morgan fingerprint density at radius 2 is 2.07 bits per heavy atom. The number of piperidine rings is 1. The molecule has 1 aromatic carbocycles. The van der Waals surface area contributed by atoms with Gasteiger partial charge in [-0.25, -0.2) is 4.39 Å². The van der Waals surface area contributed by atoms with Crippen molar-refractivity contribution in [2.24, 2.45) is 5.92 Å². The summed E-state index contributed by atoms with van der Waals surface area (Å²) >= 11 is 6.22. The molecule has 3 atom stereocenters. The number of aryl methyl sites for hydroxylation is 1. The Bertz CT molecular complexity index is 974. The minimum absolute atomic E-state index is 0.0314. The molecule has 0 spiro atoms. The molecule has 142 valence electrons. The Hall–Kier alpha value is -2.18. The summed E-state index contributed by atoms with van der Waals surface area (Å²) in [5.74, 6) is -1.19. The van der Waals surface area contributed by atoms with E-state index in [1.54, 1.807) is 28.5 Å². The minimum Gasteiger partial charge on any atom is -0.394 e. The van der Waals surface area contributed by atoms with Gasteiger partial charge >= 0.3 is 0 Å². The van der Waals surface area contributed by atoms with Gasteiger partial charge in [0.2, 0.25) is 0 Å². The maximum atomic E-state index is 14.3. The van der Waals surface area contributed by atoms with Crippen molar-refractivity contribution in [1.82, 2.24) is 9.47 Å². The van der Waals surface area contributed by atoms with Crippen molar-refractivity contribution in [1.29, 1.82) is 0 Å². The van der Waals surface area contributed by atoms with Crippen molar-refractivity contribution in [3.8, 4) is 0 Å². The Kier molecular flexibility index (Phi) is 4.56. The molecule has 2 bridgehead atoms. The Morgan fingerprint density at radius 3 is 2.81 bits per heavy atom. The van der Waals surface area contributed by atoms with Crippen LogP contribution < -0.4 is 5.56 Å². The number of aromatic nitrogens is 1. The third-order valence-corrected chi connectivity index (χ3v) is 6.26. The van der Waals surface area contributed by atoms with Gasteiger partial charge in [0.1, 0.15) is 5.82 Å². The van der Waals surface area contributed by atoms with Crippen LogP contribution in [0.25, 0.3) is 0 Å². The van der Waals surface area contributed by atoms with E-state index in [9.17, 15) is 19.1 Å². The number of halogens is 2. The van der Waals surface area contributed by atoms with E-state index in [1.807, 2.05) is 6.07 Å². The van der Waals surface area contributed by atoms with Crippen molar-refractivity contribution < 1.29 is 14.3 Å². The van der Waals surface area contributed by atoms with Crippen molar-refractivity contribution in [3.63, 3.8) is 0 Å². The van der Waals surface area contributed by atoms with Gasteiger partial charge in [-0.15, -0.1) is 0 Å². The second kappa shape index (κ2) is 6.77. The van der Waals surface area contributed by atoms with E-state index in [4.69, 9.17) is 11.6 Å². The Balaban J connectivity index is 1.73. The van der Waals surface area contributed by atoms with Gasteiger partial charge in [0, 0.05) is 36.7 Å². The molecule has 2 aromatic rings. The zero-order chi connectivity index (χ0) is 19.3. The molecule has 1 fully saturated rings.